The topological polar surface area (TPSA) is 74.1 Å². The Morgan fingerprint density at radius 2 is 1.97 bits per heavy atom. The summed E-state index contributed by atoms with van der Waals surface area (Å²) < 4.78 is 27.9. The Kier molecular flexibility index (Phi) is 8.25. The predicted octanol–water partition coefficient (Wildman–Crippen LogP) is 6.43. The summed E-state index contributed by atoms with van der Waals surface area (Å²) in [5, 5.41) is 7.80. The number of ether oxygens (including phenoxy) is 2. The Morgan fingerprint density at radius 3 is 2.64 bits per heavy atom. The highest BCUT2D eigenvalue weighted by Crippen LogP contribution is 2.38. The third kappa shape index (κ3) is 6.84. The van der Waals surface area contributed by atoms with Crippen molar-refractivity contribution in [2.45, 2.75) is 52.2 Å². The van der Waals surface area contributed by atoms with Gasteiger partial charge in [-0.15, -0.1) is 5.10 Å². The summed E-state index contributed by atoms with van der Waals surface area (Å²) in [6.45, 7) is 11.9. The average Bonchev–Trinajstić information content (AvgIpc) is 3.10. The Bertz CT molecular complexity index is 1100. The van der Waals surface area contributed by atoms with E-state index in [0.29, 0.717) is 28.7 Å². The largest absolute Gasteiger partial charge is 0.481 e. The third-order valence-electron chi connectivity index (χ3n) is 5.10. The monoisotopic (exact) mass is 535 g/mol. The number of nitrogens with zero attached hydrogens (tertiary/aromatic N) is 4. The molecule has 0 unspecified atom stereocenters. The van der Waals surface area contributed by atoms with E-state index < -0.39 is 8.07 Å². The van der Waals surface area contributed by atoms with Crippen molar-refractivity contribution < 1.29 is 13.9 Å². The van der Waals surface area contributed by atoms with E-state index in [0.717, 1.165) is 22.9 Å². The van der Waals surface area contributed by atoms with Crippen LogP contribution in [0.2, 0.25) is 25.7 Å². The second kappa shape index (κ2) is 10.7. The fourth-order valence-electron chi connectivity index (χ4n) is 3.28. The van der Waals surface area contributed by atoms with Gasteiger partial charge < -0.3 is 14.8 Å². The molecule has 0 radical (unpaired) electrons. The highest BCUT2D eigenvalue weighted by atomic mass is 79.9. The third-order valence-corrected chi connectivity index (χ3v) is 7.14. The summed E-state index contributed by atoms with van der Waals surface area (Å²) in [6, 6.07) is 7.73. The van der Waals surface area contributed by atoms with Crippen molar-refractivity contribution in [2.75, 3.05) is 19.0 Å². The summed E-state index contributed by atoms with van der Waals surface area (Å²) in [6.07, 6.45) is 1.64. The maximum absolute atomic E-state index is 14.6. The smallest absolute Gasteiger partial charge is 0.228 e. The summed E-state index contributed by atoms with van der Waals surface area (Å²) >= 11 is 3.36. The zero-order valence-corrected chi connectivity index (χ0v) is 22.5. The van der Waals surface area contributed by atoms with Crippen LogP contribution in [0.25, 0.3) is 11.1 Å². The lowest BCUT2D eigenvalue weighted by Gasteiger charge is -2.20. The summed E-state index contributed by atoms with van der Waals surface area (Å²) in [4.78, 5) is 8.65. The molecule has 0 bridgehead atoms. The maximum atomic E-state index is 14.6. The number of rotatable bonds is 10. The molecule has 3 rings (SSSR count). The molecular formula is C23H31BrFN5O2Si. The number of halogens is 2. The Labute approximate surface area is 203 Å². The Hall–Kier alpha value is -2.30. The molecule has 1 N–H and O–H groups in total. The molecule has 178 valence electrons. The fourth-order valence-corrected chi connectivity index (χ4v) is 4.39. The zero-order chi connectivity index (χ0) is 24.2. The summed E-state index contributed by atoms with van der Waals surface area (Å²) in [5.41, 5.74) is 3.04. The van der Waals surface area contributed by atoms with E-state index >= 15 is 0 Å². The van der Waals surface area contributed by atoms with Crippen molar-refractivity contribution in [1.82, 2.24) is 19.7 Å². The molecule has 0 fully saturated rings. The molecular weight excluding hydrogens is 505 g/mol. The van der Waals surface area contributed by atoms with E-state index in [1.165, 1.54) is 6.07 Å². The van der Waals surface area contributed by atoms with Crippen molar-refractivity contribution >= 4 is 35.6 Å². The van der Waals surface area contributed by atoms with Gasteiger partial charge in [0.25, 0.3) is 0 Å². The second-order valence-electron chi connectivity index (χ2n) is 9.34. The van der Waals surface area contributed by atoms with Crippen LogP contribution in [0, 0.1) is 5.82 Å². The number of anilines is 2. The second-order valence-corrected chi connectivity index (χ2v) is 15.7. The number of benzene rings is 1. The van der Waals surface area contributed by atoms with Gasteiger partial charge in [0.1, 0.15) is 12.5 Å². The van der Waals surface area contributed by atoms with Crippen LogP contribution >= 0.6 is 15.9 Å². The van der Waals surface area contributed by atoms with Crippen LogP contribution in [0.15, 0.2) is 35.2 Å². The molecule has 0 aliphatic carbocycles. The number of nitrogens with one attached hydrogen (secondary N) is 1. The van der Waals surface area contributed by atoms with Gasteiger partial charge in [-0.25, -0.2) is 14.1 Å². The van der Waals surface area contributed by atoms with Crippen molar-refractivity contribution in [3.8, 4) is 17.0 Å². The van der Waals surface area contributed by atoms with E-state index in [1.807, 2.05) is 19.9 Å². The van der Waals surface area contributed by atoms with E-state index in [9.17, 15) is 4.39 Å². The molecule has 0 amide bonds. The first-order valence-electron chi connectivity index (χ1n) is 10.9. The molecule has 0 atom stereocenters. The lowest BCUT2D eigenvalue weighted by molar-refractivity contribution is 0.0798. The molecule has 3 aromatic rings. The average molecular weight is 537 g/mol. The number of aromatic nitrogens is 4. The molecule has 2 heterocycles. The first-order chi connectivity index (χ1) is 15.6. The minimum Gasteiger partial charge on any atom is -0.481 e. The zero-order valence-electron chi connectivity index (χ0n) is 19.9. The predicted molar refractivity (Wildman–Crippen MR) is 135 cm³/mol. The van der Waals surface area contributed by atoms with E-state index in [1.54, 1.807) is 30.1 Å². The lowest BCUT2D eigenvalue weighted by atomic mass is 9.94. The molecule has 0 saturated heterocycles. The highest BCUT2D eigenvalue weighted by Gasteiger charge is 2.19. The van der Waals surface area contributed by atoms with E-state index in [4.69, 9.17) is 9.47 Å². The van der Waals surface area contributed by atoms with Crippen molar-refractivity contribution in [3.05, 3.63) is 46.6 Å². The van der Waals surface area contributed by atoms with Crippen molar-refractivity contribution in [3.63, 3.8) is 0 Å². The summed E-state index contributed by atoms with van der Waals surface area (Å²) in [5.74, 6) is 0.715. The Morgan fingerprint density at radius 1 is 1.21 bits per heavy atom. The standard InChI is InChI=1S/C23H31BrFN5O2Si/c1-15(2)18-12-17(25)13-19(16-7-8-26-20(11-16)31-3)21(18)27-23-28-22(24)29-30(23)14-32-9-10-33(4,5)6/h7-8,11-13,15H,9-10,14H2,1-6H3,(H,27,28,29). The van der Waals surface area contributed by atoms with E-state index in [2.05, 4.69) is 56.0 Å². The minimum absolute atomic E-state index is 0.0680. The van der Waals surface area contributed by atoms with Crippen LogP contribution in [0.1, 0.15) is 25.3 Å². The number of pyridine rings is 1. The van der Waals surface area contributed by atoms with Crippen LogP contribution in [0.3, 0.4) is 0 Å². The molecule has 2 aromatic heterocycles. The van der Waals surface area contributed by atoms with Gasteiger partial charge in [-0.05, 0) is 57.2 Å². The first kappa shape index (κ1) is 25.3. The van der Waals surface area contributed by atoms with Crippen molar-refractivity contribution in [1.29, 1.82) is 0 Å². The highest BCUT2D eigenvalue weighted by molar-refractivity contribution is 9.10. The molecule has 0 spiro atoms. The van der Waals surface area contributed by atoms with Gasteiger partial charge in [-0.2, -0.15) is 4.98 Å². The van der Waals surface area contributed by atoms with Gasteiger partial charge in [0.05, 0.1) is 12.8 Å². The number of hydrogen-bond donors (Lipinski definition) is 1. The van der Waals surface area contributed by atoms with Crippen LogP contribution < -0.4 is 10.1 Å². The van der Waals surface area contributed by atoms with Gasteiger partial charge in [0, 0.05) is 32.5 Å². The first-order valence-corrected chi connectivity index (χ1v) is 15.4. The molecule has 10 heteroatoms. The number of methoxy groups -OCH3 is 1. The Balaban J connectivity index is 1.98. The molecule has 33 heavy (non-hydrogen) atoms. The lowest BCUT2D eigenvalue weighted by Crippen LogP contribution is -2.22. The van der Waals surface area contributed by atoms with Gasteiger partial charge in [0.15, 0.2) is 0 Å². The van der Waals surface area contributed by atoms with Crippen molar-refractivity contribution in [2.24, 2.45) is 0 Å². The van der Waals surface area contributed by atoms with Crippen LogP contribution in [-0.2, 0) is 11.5 Å². The van der Waals surface area contributed by atoms with Gasteiger partial charge in [0.2, 0.25) is 16.6 Å². The molecule has 1 aromatic carbocycles. The van der Waals surface area contributed by atoms with Gasteiger partial charge in [-0.1, -0.05) is 33.5 Å². The fraction of sp³-hybridized carbons (Fsp3) is 0.435. The summed E-state index contributed by atoms with van der Waals surface area (Å²) in [7, 11) is 0.365. The number of hydrogen-bond acceptors (Lipinski definition) is 6. The normalized spacial score (nSPS) is 11.8. The van der Waals surface area contributed by atoms with Crippen LogP contribution in [-0.4, -0.2) is 41.5 Å². The maximum Gasteiger partial charge on any atom is 0.228 e. The SMILES string of the molecule is COc1cc(-c2cc(F)cc(C(C)C)c2Nc2nc(Br)nn2COCC[Si](C)(C)C)ccn1. The molecule has 7 nitrogen and oxygen atoms in total. The van der Waals surface area contributed by atoms with Gasteiger partial charge in [-0.3, -0.25) is 0 Å². The minimum atomic E-state index is -1.19. The molecule has 0 aliphatic rings. The molecule has 0 aliphatic heterocycles. The van der Waals surface area contributed by atoms with E-state index in [-0.39, 0.29) is 18.5 Å². The van der Waals surface area contributed by atoms with Gasteiger partial charge >= 0.3 is 0 Å². The quantitative estimate of drug-likeness (QED) is 0.238. The van der Waals surface area contributed by atoms with Crippen LogP contribution in [0.5, 0.6) is 5.88 Å². The molecule has 0 saturated carbocycles. The van der Waals surface area contributed by atoms with Crippen LogP contribution in [0.4, 0.5) is 16.0 Å².